The van der Waals surface area contributed by atoms with E-state index in [0.717, 1.165) is 48.5 Å². The van der Waals surface area contributed by atoms with Crippen molar-refractivity contribution >= 4 is 0 Å². The van der Waals surface area contributed by atoms with Gasteiger partial charge in [-0.15, -0.1) is 0 Å². The van der Waals surface area contributed by atoms with Gasteiger partial charge in [-0.2, -0.15) is 20.4 Å². The minimum absolute atomic E-state index is 0.795. The third kappa shape index (κ3) is 4.07. The number of nitrogens with one attached hydrogen (secondary N) is 4. The van der Waals surface area contributed by atoms with Crippen LogP contribution in [0.2, 0.25) is 0 Å². The highest BCUT2D eigenvalue weighted by molar-refractivity contribution is 5.44. The summed E-state index contributed by atoms with van der Waals surface area (Å²) in [6.45, 7) is 0. The molecule has 8 nitrogen and oxygen atoms in total. The molecule has 4 N–H and O–H groups in total. The summed E-state index contributed by atoms with van der Waals surface area (Å²) >= 11 is 0. The molecule has 5 rings (SSSR count). The molecule has 0 unspecified atom stereocenters. The minimum Gasteiger partial charge on any atom is -0.282 e. The molecule has 0 aliphatic rings. The Kier molecular flexibility index (Phi) is 4.95. The first-order valence-corrected chi connectivity index (χ1v) is 9.90. The fraction of sp³-hybridized carbons (Fsp3) is 0.182. The van der Waals surface area contributed by atoms with Crippen molar-refractivity contribution in [1.29, 1.82) is 0 Å². The second kappa shape index (κ2) is 8.20. The lowest BCUT2D eigenvalue weighted by molar-refractivity contribution is 0.928. The molecule has 4 aromatic heterocycles. The van der Waals surface area contributed by atoms with E-state index >= 15 is 0 Å². The summed E-state index contributed by atoms with van der Waals surface area (Å²) in [4.78, 5) is 0. The lowest BCUT2D eigenvalue weighted by atomic mass is 9.89. The van der Waals surface area contributed by atoms with Crippen LogP contribution in [0.1, 0.15) is 45.0 Å². The maximum absolute atomic E-state index is 4.11. The maximum Gasteiger partial charge on any atom is 0.0490 e. The van der Waals surface area contributed by atoms with Crippen LogP contribution in [0.5, 0.6) is 0 Å². The molecular weight excluding hydrogens is 376 g/mol. The zero-order valence-electron chi connectivity index (χ0n) is 16.4. The molecule has 8 heteroatoms. The van der Waals surface area contributed by atoms with Crippen LogP contribution in [-0.4, -0.2) is 40.8 Å². The van der Waals surface area contributed by atoms with E-state index in [2.05, 4.69) is 52.9 Å². The van der Waals surface area contributed by atoms with Gasteiger partial charge in [-0.1, -0.05) is 12.1 Å². The molecule has 5 aromatic rings. The first-order chi connectivity index (χ1) is 14.8. The number of H-pyrrole nitrogens is 4. The van der Waals surface area contributed by atoms with E-state index in [9.17, 15) is 0 Å². The number of rotatable bonds is 8. The molecule has 150 valence electrons. The van der Waals surface area contributed by atoms with Crippen LogP contribution in [0.4, 0.5) is 0 Å². The highest BCUT2D eigenvalue weighted by Gasteiger charge is 2.14. The van der Waals surface area contributed by atoms with Crippen molar-refractivity contribution in [2.45, 2.75) is 25.7 Å². The van der Waals surface area contributed by atoms with Gasteiger partial charge in [-0.05, 0) is 46.5 Å². The van der Waals surface area contributed by atoms with Crippen molar-refractivity contribution in [2.24, 2.45) is 0 Å². The molecule has 0 fully saturated rings. The molecule has 0 saturated carbocycles. The molecule has 0 aliphatic heterocycles. The molecule has 0 saturated heterocycles. The summed E-state index contributed by atoms with van der Waals surface area (Å²) in [6, 6.07) is 12.7. The Labute approximate surface area is 173 Å². The average Bonchev–Trinajstić information content (AvgIpc) is 3.54. The Morgan fingerprint density at radius 1 is 0.433 bits per heavy atom. The van der Waals surface area contributed by atoms with E-state index in [-0.39, 0.29) is 0 Å². The standard InChI is InChI=1S/C22H22N8/c1-5-23-27-19(1)11-15-9-17(13-21-3-7-25-29-21)18(14-22-4-8-26-30-22)10-16(15)12-20-2-6-24-28-20/h1-10H,11-14H2,(H,23,27)(H,24,28)(H,25,29)(H,26,30). The van der Waals surface area contributed by atoms with E-state index < -0.39 is 0 Å². The first kappa shape index (κ1) is 18.1. The average molecular weight is 398 g/mol. The molecule has 0 spiro atoms. The van der Waals surface area contributed by atoms with E-state index in [1.165, 1.54) is 22.3 Å². The first-order valence-electron chi connectivity index (χ1n) is 9.90. The predicted molar refractivity (Wildman–Crippen MR) is 112 cm³/mol. The Morgan fingerprint density at radius 3 is 0.900 bits per heavy atom. The summed E-state index contributed by atoms with van der Waals surface area (Å²) in [6.07, 6.45) is 10.4. The number of aromatic nitrogens is 8. The number of hydrogen-bond acceptors (Lipinski definition) is 4. The lowest BCUT2D eigenvalue weighted by Crippen LogP contribution is -2.06. The van der Waals surface area contributed by atoms with Crippen molar-refractivity contribution in [3.05, 3.63) is 106 Å². The Morgan fingerprint density at radius 2 is 0.700 bits per heavy atom. The highest BCUT2D eigenvalue weighted by atomic mass is 15.1. The van der Waals surface area contributed by atoms with Gasteiger partial charge in [0.2, 0.25) is 0 Å². The summed E-state index contributed by atoms with van der Waals surface area (Å²) in [7, 11) is 0. The van der Waals surface area contributed by atoms with Crippen LogP contribution in [0, 0.1) is 0 Å². The SMILES string of the molecule is c1cc(Cc2cc(Cc3ccn[nH]3)c(Cc3ccn[nH]3)cc2Cc2ccn[nH]2)[nH]n1. The number of aromatic amines is 4. The molecule has 30 heavy (non-hydrogen) atoms. The lowest BCUT2D eigenvalue weighted by Gasteiger charge is -2.16. The van der Waals surface area contributed by atoms with Crippen molar-refractivity contribution in [1.82, 2.24) is 40.8 Å². The van der Waals surface area contributed by atoms with E-state index in [0.29, 0.717) is 0 Å². The number of hydrogen-bond donors (Lipinski definition) is 4. The van der Waals surface area contributed by atoms with Crippen molar-refractivity contribution < 1.29 is 0 Å². The van der Waals surface area contributed by atoms with Gasteiger partial charge in [-0.25, -0.2) is 0 Å². The highest BCUT2D eigenvalue weighted by Crippen LogP contribution is 2.25. The van der Waals surface area contributed by atoms with Gasteiger partial charge in [0.25, 0.3) is 0 Å². The van der Waals surface area contributed by atoms with Crippen molar-refractivity contribution in [3.63, 3.8) is 0 Å². The smallest absolute Gasteiger partial charge is 0.0490 e. The molecular formula is C22H22N8. The van der Waals surface area contributed by atoms with Crippen molar-refractivity contribution in [3.8, 4) is 0 Å². The minimum atomic E-state index is 0.795. The Hall–Kier alpha value is -3.94. The molecule has 1 aromatic carbocycles. The van der Waals surface area contributed by atoms with Gasteiger partial charge in [0.1, 0.15) is 0 Å². The Balaban J connectivity index is 1.57. The maximum atomic E-state index is 4.11. The topological polar surface area (TPSA) is 115 Å². The predicted octanol–water partition coefficient (Wildman–Crippen LogP) is 2.94. The second-order valence-corrected chi connectivity index (χ2v) is 7.42. The zero-order valence-corrected chi connectivity index (χ0v) is 16.4. The van der Waals surface area contributed by atoms with Crippen LogP contribution in [-0.2, 0) is 25.7 Å². The van der Waals surface area contributed by atoms with Gasteiger partial charge in [0.15, 0.2) is 0 Å². The van der Waals surface area contributed by atoms with Crippen LogP contribution in [0.15, 0.2) is 61.2 Å². The second-order valence-electron chi connectivity index (χ2n) is 7.42. The van der Waals surface area contributed by atoms with Gasteiger partial charge >= 0.3 is 0 Å². The summed E-state index contributed by atoms with van der Waals surface area (Å²) in [5, 5.41) is 28.8. The summed E-state index contributed by atoms with van der Waals surface area (Å²) in [5.74, 6) is 0. The fourth-order valence-electron chi connectivity index (χ4n) is 3.80. The molecule has 0 aliphatic carbocycles. The number of benzene rings is 1. The largest absolute Gasteiger partial charge is 0.282 e. The van der Waals surface area contributed by atoms with Crippen LogP contribution >= 0.6 is 0 Å². The van der Waals surface area contributed by atoms with Crippen LogP contribution in [0.25, 0.3) is 0 Å². The quantitative estimate of drug-likeness (QED) is 0.322. The zero-order chi connectivity index (χ0) is 20.2. The molecule has 0 atom stereocenters. The van der Waals surface area contributed by atoms with E-state index in [4.69, 9.17) is 0 Å². The van der Waals surface area contributed by atoms with Crippen LogP contribution in [0.3, 0.4) is 0 Å². The third-order valence-electron chi connectivity index (χ3n) is 5.28. The van der Waals surface area contributed by atoms with E-state index in [1.807, 2.05) is 24.3 Å². The van der Waals surface area contributed by atoms with Crippen molar-refractivity contribution in [2.75, 3.05) is 0 Å². The fourth-order valence-corrected chi connectivity index (χ4v) is 3.80. The number of nitrogens with zero attached hydrogens (tertiary/aromatic N) is 4. The normalized spacial score (nSPS) is 11.2. The van der Waals surface area contributed by atoms with Gasteiger partial charge < -0.3 is 0 Å². The van der Waals surface area contributed by atoms with Gasteiger partial charge in [0, 0.05) is 73.2 Å². The molecule has 4 heterocycles. The summed E-state index contributed by atoms with van der Waals surface area (Å²) < 4.78 is 0. The molecule has 0 amide bonds. The summed E-state index contributed by atoms with van der Waals surface area (Å²) in [5.41, 5.74) is 9.47. The van der Waals surface area contributed by atoms with Gasteiger partial charge in [-0.3, -0.25) is 20.4 Å². The van der Waals surface area contributed by atoms with E-state index in [1.54, 1.807) is 24.8 Å². The van der Waals surface area contributed by atoms with Crippen LogP contribution < -0.4 is 0 Å². The molecule has 0 radical (unpaired) electrons. The monoisotopic (exact) mass is 398 g/mol. The molecule has 0 bridgehead atoms. The Bertz CT molecular complexity index is 983. The van der Waals surface area contributed by atoms with Gasteiger partial charge in [0.05, 0.1) is 0 Å². The third-order valence-corrected chi connectivity index (χ3v) is 5.28.